The number of aryl methyl sites for hydroxylation is 3. The van der Waals surface area contributed by atoms with E-state index in [-0.39, 0.29) is 22.6 Å². The lowest BCUT2D eigenvalue weighted by molar-refractivity contribution is -0.660. The van der Waals surface area contributed by atoms with Crippen LogP contribution in [-0.4, -0.2) is 14.6 Å². The molecule has 1 saturated carbocycles. The fourth-order valence-electron chi connectivity index (χ4n) is 4.67. The van der Waals surface area contributed by atoms with Crippen LogP contribution in [-0.2, 0) is 7.05 Å². The zero-order valence-electron chi connectivity index (χ0n) is 22.3. The summed E-state index contributed by atoms with van der Waals surface area (Å²) >= 11 is 0. The summed E-state index contributed by atoms with van der Waals surface area (Å²) in [6, 6.07) is 7.70. The lowest BCUT2D eigenvalue weighted by Gasteiger charge is -2.34. The molecule has 3 heterocycles. The quantitative estimate of drug-likeness (QED) is 0.423. The van der Waals surface area contributed by atoms with Crippen molar-refractivity contribution in [3.63, 3.8) is 0 Å². The van der Waals surface area contributed by atoms with Gasteiger partial charge in [0.1, 0.15) is 13.1 Å². The zero-order valence-corrected chi connectivity index (χ0v) is 18.3. The van der Waals surface area contributed by atoms with Crippen molar-refractivity contribution in [2.75, 3.05) is 0 Å². The summed E-state index contributed by atoms with van der Waals surface area (Å²) in [6.45, 7) is 4.03. The molecular weight excluding hydrogens is 386 g/mol. The van der Waals surface area contributed by atoms with Gasteiger partial charge in [-0.05, 0) is 68.0 Å². The summed E-state index contributed by atoms with van der Waals surface area (Å²) in [7, 11) is 1.81. The van der Waals surface area contributed by atoms with Crippen LogP contribution in [0.25, 0.3) is 28.2 Å². The van der Waals surface area contributed by atoms with Gasteiger partial charge in [-0.3, -0.25) is 0 Å². The summed E-state index contributed by atoms with van der Waals surface area (Å²) in [5.74, 6) is -0.636. The van der Waals surface area contributed by atoms with Gasteiger partial charge >= 0.3 is 5.84 Å². The highest BCUT2D eigenvalue weighted by molar-refractivity contribution is 5.92. The zero-order chi connectivity index (χ0) is 25.3. The number of nitrogens with zero attached hydrogens (tertiary/aromatic N) is 5. The fourth-order valence-corrected chi connectivity index (χ4v) is 4.67. The molecule has 0 spiro atoms. The monoisotopic (exact) mass is 418 g/mol. The predicted molar refractivity (Wildman–Crippen MR) is 119 cm³/mol. The second-order valence-electron chi connectivity index (χ2n) is 9.33. The molecule has 3 aromatic heterocycles. The predicted octanol–water partition coefficient (Wildman–Crippen LogP) is 5.14. The van der Waals surface area contributed by atoms with Crippen molar-refractivity contribution >= 4 is 16.9 Å². The second-order valence-corrected chi connectivity index (χ2v) is 9.33. The Morgan fingerprint density at radius 3 is 2.77 bits per heavy atom. The van der Waals surface area contributed by atoms with Gasteiger partial charge in [0, 0.05) is 17.1 Å². The van der Waals surface area contributed by atoms with Crippen LogP contribution in [0, 0.1) is 30.5 Å². The van der Waals surface area contributed by atoms with Crippen molar-refractivity contribution in [2.24, 2.45) is 12.5 Å². The van der Waals surface area contributed by atoms with Crippen molar-refractivity contribution in [2.45, 2.75) is 59.2 Å². The van der Waals surface area contributed by atoms with Crippen LogP contribution in [0.5, 0.6) is 0 Å². The Morgan fingerprint density at radius 2 is 2.06 bits per heavy atom. The van der Waals surface area contributed by atoms with E-state index in [1.54, 1.807) is 15.2 Å². The summed E-state index contributed by atoms with van der Waals surface area (Å²) < 4.78 is 43.4. The number of hydrogen-bond donors (Lipinski definition) is 0. The third-order valence-electron chi connectivity index (χ3n) is 6.63. The number of aromatic nitrogens is 4. The van der Waals surface area contributed by atoms with Gasteiger partial charge < -0.3 is 4.42 Å². The van der Waals surface area contributed by atoms with E-state index in [2.05, 4.69) is 24.0 Å². The Balaban J connectivity index is 1.78. The maximum Gasteiger partial charge on any atom is 0.328 e. The SMILES string of the molecule is [2H]C([2H])([2H])c1c[n+](C)c(-c2c(C)ccc3c2oc2nnc(C#N)n23)cc1C1([2H])CCC(C)(C)CC1. The first-order valence-corrected chi connectivity index (χ1v) is 10.6. The Labute approximate surface area is 187 Å². The van der Waals surface area contributed by atoms with Crippen molar-refractivity contribution in [1.82, 2.24) is 14.6 Å². The topological polar surface area (TPSA) is 71.0 Å². The van der Waals surface area contributed by atoms with Crippen LogP contribution in [0.1, 0.15) is 73.4 Å². The van der Waals surface area contributed by atoms with Gasteiger partial charge in [0.2, 0.25) is 11.5 Å². The fraction of sp³-hybridized carbons (Fsp3) is 0.440. The largest absolute Gasteiger partial charge is 0.421 e. The molecule has 0 unspecified atom stereocenters. The van der Waals surface area contributed by atoms with Gasteiger partial charge in [0.25, 0.3) is 0 Å². The van der Waals surface area contributed by atoms with Crippen LogP contribution in [0.2, 0.25) is 0 Å². The van der Waals surface area contributed by atoms with Crippen LogP contribution < -0.4 is 4.57 Å². The highest BCUT2D eigenvalue weighted by Crippen LogP contribution is 2.44. The van der Waals surface area contributed by atoms with Crippen LogP contribution in [0.3, 0.4) is 0 Å². The average molecular weight is 419 g/mol. The summed E-state index contributed by atoms with van der Waals surface area (Å²) in [5, 5.41) is 17.3. The first-order chi connectivity index (χ1) is 16.3. The number of hydrogen-bond acceptors (Lipinski definition) is 4. The summed E-state index contributed by atoms with van der Waals surface area (Å²) in [5.41, 5.74) is 4.55. The van der Waals surface area contributed by atoms with Gasteiger partial charge in [-0.15, -0.1) is 5.10 Å². The van der Waals surface area contributed by atoms with E-state index < -0.39 is 12.7 Å². The molecule has 0 N–H and O–H groups in total. The van der Waals surface area contributed by atoms with E-state index in [0.717, 1.165) is 29.7 Å². The number of rotatable bonds is 2. The molecule has 1 aliphatic carbocycles. The molecule has 1 aliphatic rings. The first kappa shape index (κ1) is 15.6. The van der Waals surface area contributed by atoms with Crippen molar-refractivity contribution in [1.29, 1.82) is 5.26 Å². The molecule has 0 atom stereocenters. The van der Waals surface area contributed by atoms with E-state index in [4.69, 9.17) is 8.53 Å². The van der Waals surface area contributed by atoms with Crippen LogP contribution >= 0.6 is 0 Å². The molecule has 0 aliphatic heterocycles. The maximum absolute atomic E-state index is 9.45. The molecule has 5 rings (SSSR count). The van der Waals surface area contributed by atoms with Crippen LogP contribution in [0.15, 0.2) is 28.8 Å². The molecule has 4 aromatic rings. The lowest BCUT2D eigenvalue weighted by atomic mass is 9.71. The summed E-state index contributed by atoms with van der Waals surface area (Å²) in [6.07, 6.45) is 4.57. The Morgan fingerprint density at radius 1 is 1.29 bits per heavy atom. The molecule has 0 radical (unpaired) electrons. The van der Waals surface area contributed by atoms with E-state index >= 15 is 0 Å². The second kappa shape index (κ2) is 6.91. The molecule has 6 nitrogen and oxygen atoms in total. The number of nitriles is 1. The summed E-state index contributed by atoms with van der Waals surface area (Å²) in [4.78, 5) is 0. The Bertz CT molecular complexity index is 1510. The van der Waals surface area contributed by atoms with E-state index in [1.165, 1.54) is 0 Å². The number of fused-ring (bicyclic) bond motifs is 3. The molecule has 31 heavy (non-hydrogen) atoms. The minimum absolute atomic E-state index is 0.131. The minimum Gasteiger partial charge on any atom is -0.421 e. The third-order valence-corrected chi connectivity index (χ3v) is 6.63. The average Bonchev–Trinajstić information content (AvgIpc) is 3.34. The molecular formula is C25H28N5O+. The van der Waals surface area contributed by atoms with Gasteiger partial charge in [0.05, 0.1) is 11.1 Å². The Hall–Kier alpha value is -3.20. The van der Waals surface area contributed by atoms with E-state index in [0.29, 0.717) is 29.5 Å². The molecule has 0 amide bonds. The van der Waals surface area contributed by atoms with Crippen molar-refractivity contribution in [3.05, 3.63) is 46.9 Å². The van der Waals surface area contributed by atoms with Gasteiger partial charge in [0.15, 0.2) is 11.8 Å². The standard InChI is InChI=1S/C25H28N5O/c1-15-6-7-19-23(31-24-28-27-21(13-26)30(19)24)22(15)20-12-18(16(2)14-29(20)5)17-8-10-25(3,4)11-9-17/h6-7,12,14,17H,8-11H2,1-5H3/q+1/i2D3,17D. The Kier molecular flexibility index (Phi) is 3.47. The minimum atomic E-state index is -2.34. The van der Waals surface area contributed by atoms with Gasteiger partial charge in [-0.2, -0.15) is 5.26 Å². The molecule has 1 aromatic carbocycles. The highest BCUT2D eigenvalue weighted by atomic mass is 16.4. The molecule has 158 valence electrons. The molecule has 6 heteroatoms. The number of oxazole rings is 1. The first-order valence-electron chi connectivity index (χ1n) is 12.6. The third kappa shape index (κ3) is 3.11. The van der Waals surface area contributed by atoms with Gasteiger partial charge in [-0.25, -0.2) is 8.97 Å². The van der Waals surface area contributed by atoms with Crippen LogP contribution in [0.4, 0.5) is 0 Å². The number of pyridine rings is 1. The smallest absolute Gasteiger partial charge is 0.328 e. The van der Waals surface area contributed by atoms with Crippen molar-refractivity contribution < 1.29 is 14.5 Å². The number of benzene rings is 1. The van der Waals surface area contributed by atoms with E-state index in [9.17, 15) is 6.63 Å². The van der Waals surface area contributed by atoms with Gasteiger partial charge in [-0.1, -0.05) is 25.0 Å². The normalized spacial score (nSPS) is 20.1. The lowest BCUT2D eigenvalue weighted by Crippen LogP contribution is -2.32. The molecule has 1 fully saturated rings. The molecule has 0 bridgehead atoms. The molecule has 0 saturated heterocycles. The van der Waals surface area contributed by atoms with Crippen molar-refractivity contribution in [3.8, 4) is 17.3 Å². The highest BCUT2D eigenvalue weighted by Gasteiger charge is 2.31. The van der Waals surface area contributed by atoms with E-state index in [1.807, 2.05) is 38.2 Å². The maximum atomic E-state index is 9.45.